The van der Waals surface area contributed by atoms with Gasteiger partial charge in [-0.3, -0.25) is 0 Å². The van der Waals surface area contributed by atoms with Crippen molar-refractivity contribution in [2.24, 2.45) is 23.7 Å². The van der Waals surface area contributed by atoms with E-state index in [-0.39, 0.29) is 0 Å². The van der Waals surface area contributed by atoms with Crippen molar-refractivity contribution >= 4 is 27.3 Å². The molecule has 1 aromatic heterocycles. The quantitative estimate of drug-likeness (QED) is 0.784. The van der Waals surface area contributed by atoms with Crippen molar-refractivity contribution in [3.63, 3.8) is 0 Å². The van der Waals surface area contributed by atoms with Crippen LogP contribution in [0.4, 0.5) is 0 Å². The summed E-state index contributed by atoms with van der Waals surface area (Å²) in [5.41, 5.74) is 0. The molecule has 0 N–H and O–H groups in total. The Morgan fingerprint density at radius 1 is 1.14 bits per heavy atom. The third-order valence-electron chi connectivity index (χ3n) is 4.44. The summed E-state index contributed by atoms with van der Waals surface area (Å²) in [5, 5.41) is 9.63. The predicted molar refractivity (Wildman–Crippen MR) is 58.2 cm³/mol. The van der Waals surface area contributed by atoms with Crippen LogP contribution >= 0.6 is 27.3 Å². The van der Waals surface area contributed by atoms with E-state index in [1.165, 1.54) is 24.3 Å². The lowest BCUT2D eigenvalue weighted by Crippen LogP contribution is -1.96. The van der Waals surface area contributed by atoms with Gasteiger partial charge in [-0.05, 0) is 58.9 Å². The zero-order chi connectivity index (χ0) is 9.28. The maximum Gasteiger partial charge on any atom is 0.183 e. The van der Waals surface area contributed by atoms with Crippen molar-refractivity contribution in [2.75, 3.05) is 0 Å². The monoisotopic (exact) mass is 270 g/mol. The molecular formula is C10H11BrN2S. The fourth-order valence-corrected chi connectivity index (χ4v) is 5.37. The molecule has 3 fully saturated rings. The van der Waals surface area contributed by atoms with Crippen LogP contribution < -0.4 is 0 Å². The fourth-order valence-electron chi connectivity index (χ4n) is 4.01. The lowest BCUT2D eigenvalue weighted by atomic mass is 10.0. The molecule has 4 heteroatoms. The number of halogens is 1. The summed E-state index contributed by atoms with van der Waals surface area (Å²) in [6.07, 6.45) is 4.50. The van der Waals surface area contributed by atoms with Crippen LogP contribution in [0, 0.1) is 23.7 Å². The van der Waals surface area contributed by atoms with Crippen molar-refractivity contribution in [3.8, 4) is 0 Å². The fraction of sp³-hybridized carbons (Fsp3) is 0.800. The van der Waals surface area contributed by atoms with Crippen LogP contribution in [0.1, 0.15) is 30.2 Å². The van der Waals surface area contributed by atoms with Crippen molar-refractivity contribution in [2.45, 2.75) is 25.2 Å². The highest BCUT2D eigenvalue weighted by atomic mass is 79.9. The van der Waals surface area contributed by atoms with E-state index < -0.39 is 0 Å². The van der Waals surface area contributed by atoms with E-state index in [0.29, 0.717) is 0 Å². The van der Waals surface area contributed by atoms with Crippen LogP contribution in [-0.2, 0) is 0 Å². The van der Waals surface area contributed by atoms with E-state index in [9.17, 15) is 0 Å². The third-order valence-corrected chi connectivity index (χ3v) is 5.89. The van der Waals surface area contributed by atoms with Crippen molar-refractivity contribution < 1.29 is 0 Å². The molecule has 1 heterocycles. The molecule has 4 unspecified atom stereocenters. The zero-order valence-electron chi connectivity index (χ0n) is 7.69. The molecule has 14 heavy (non-hydrogen) atoms. The van der Waals surface area contributed by atoms with E-state index in [2.05, 4.69) is 26.1 Å². The smallest absolute Gasteiger partial charge is 0.142 e. The van der Waals surface area contributed by atoms with Gasteiger partial charge in [0.25, 0.3) is 0 Å². The Morgan fingerprint density at radius 2 is 1.86 bits per heavy atom. The molecule has 0 aromatic carbocycles. The number of fused-ring (bicyclic) bond motifs is 5. The zero-order valence-corrected chi connectivity index (χ0v) is 10.1. The Bertz CT molecular complexity index is 375. The highest BCUT2D eigenvalue weighted by Crippen LogP contribution is 2.73. The minimum absolute atomic E-state index is 0.796. The average Bonchev–Trinajstić information content (AvgIpc) is 2.58. The Balaban J connectivity index is 1.66. The molecule has 0 radical (unpaired) electrons. The third kappa shape index (κ3) is 0.915. The second-order valence-corrected chi connectivity index (χ2v) is 7.19. The lowest BCUT2D eigenvalue weighted by molar-refractivity contribution is 0.456. The molecule has 3 aliphatic carbocycles. The second kappa shape index (κ2) is 2.59. The number of hydrogen-bond donors (Lipinski definition) is 0. The van der Waals surface area contributed by atoms with Gasteiger partial charge < -0.3 is 0 Å². The van der Waals surface area contributed by atoms with Crippen molar-refractivity contribution in [1.82, 2.24) is 10.2 Å². The second-order valence-electron chi connectivity index (χ2n) is 4.91. The molecule has 4 rings (SSSR count). The minimum atomic E-state index is 0.796. The van der Waals surface area contributed by atoms with Gasteiger partial charge in [0.2, 0.25) is 0 Å². The molecule has 0 spiro atoms. The molecule has 3 aliphatic rings. The van der Waals surface area contributed by atoms with Crippen LogP contribution in [0.2, 0.25) is 0 Å². The van der Waals surface area contributed by atoms with E-state index in [0.717, 1.165) is 33.5 Å². The number of aromatic nitrogens is 2. The summed E-state index contributed by atoms with van der Waals surface area (Å²) in [6.45, 7) is 0. The first-order valence-corrected chi connectivity index (χ1v) is 6.94. The van der Waals surface area contributed by atoms with Gasteiger partial charge in [0.1, 0.15) is 5.01 Å². The predicted octanol–water partition coefficient (Wildman–Crippen LogP) is 3.06. The SMILES string of the molecule is Brc1nnc(C2C3C4CCC(C4)C23)s1. The van der Waals surface area contributed by atoms with Crippen molar-refractivity contribution in [1.29, 1.82) is 0 Å². The molecule has 1 aromatic rings. The van der Waals surface area contributed by atoms with E-state index in [4.69, 9.17) is 0 Å². The highest BCUT2D eigenvalue weighted by molar-refractivity contribution is 9.11. The first-order chi connectivity index (χ1) is 6.84. The van der Waals surface area contributed by atoms with Gasteiger partial charge in [-0.1, -0.05) is 11.3 Å². The summed E-state index contributed by atoms with van der Waals surface area (Å²) < 4.78 is 0.949. The first-order valence-electron chi connectivity index (χ1n) is 5.33. The maximum absolute atomic E-state index is 4.28. The Hall–Kier alpha value is 0.0400. The van der Waals surface area contributed by atoms with Gasteiger partial charge in [-0.25, -0.2) is 0 Å². The molecule has 74 valence electrons. The summed E-state index contributed by atoms with van der Waals surface area (Å²) in [4.78, 5) is 0. The molecule has 0 saturated heterocycles. The van der Waals surface area contributed by atoms with Gasteiger partial charge in [0.15, 0.2) is 3.92 Å². The molecule has 0 aliphatic heterocycles. The molecule has 2 nitrogen and oxygen atoms in total. The van der Waals surface area contributed by atoms with Gasteiger partial charge >= 0.3 is 0 Å². The Kier molecular flexibility index (Phi) is 1.52. The maximum atomic E-state index is 4.28. The molecule has 3 saturated carbocycles. The van der Waals surface area contributed by atoms with E-state index in [1.807, 2.05) is 0 Å². The topological polar surface area (TPSA) is 25.8 Å². The number of hydrogen-bond acceptors (Lipinski definition) is 3. The van der Waals surface area contributed by atoms with Gasteiger partial charge in [-0.2, -0.15) is 0 Å². The summed E-state index contributed by atoms with van der Waals surface area (Å²) >= 11 is 5.14. The van der Waals surface area contributed by atoms with E-state index >= 15 is 0 Å². The largest absolute Gasteiger partial charge is 0.183 e. The van der Waals surface area contributed by atoms with Gasteiger partial charge in [-0.15, -0.1) is 10.2 Å². The Labute approximate surface area is 95.2 Å². The Morgan fingerprint density at radius 3 is 2.43 bits per heavy atom. The molecule has 0 amide bonds. The van der Waals surface area contributed by atoms with Crippen LogP contribution in [-0.4, -0.2) is 10.2 Å². The normalized spacial score (nSPS) is 48.2. The van der Waals surface area contributed by atoms with Crippen LogP contribution in [0.5, 0.6) is 0 Å². The van der Waals surface area contributed by atoms with Gasteiger partial charge in [0, 0.05) is 5.92 Å². The van der Waals surface area contributed by atoms with Crippen molar-refractivity contribution in [3.05, 3.63) is 8.92 Å². The summed E-state index contributed by atoms with van der Waals surface area (Å²) in [6, 6.07) is 0. The molecule has 4 atom stereocenters. The summed E-state index contributed by atoms with van der Waals surface area (Å²) in [7, 11) is 0. The first kappa shape index (κ1) is 8.22. The van der Waals surface area contributed by atoms with Crippen LogP contribution in [0.3, 0.4) is 0 Å². The van der Waals surface area contributed by atoms with E-state index in [1.54, 1.807) is 11.3 Å². The average molecular weight is 271 g/mol. The van der Waals surface area contributed by atoms with Crippen LogP contribution in [0.25, 0.3) is 0 Å². The molecule has 2 bridgehead atoms. The minimum Gasteiger partial charge on any atom is -0.142 e. The number of rotatable bonds is 1. The highest BCUT2D eigenvalue weighted by Gasteiger charge is 2.66. The van der Waals surface area contributed by atoms with Crippen LogP contribution in [0.15, 0.2) is 3.92 Å². The summed E-state index contributed by atoms with van der Waals surface area (Å²) in [5.74, 6) is 4.86. The standard InChI is InChI=1S/C10H11BrN2S/c11-10-13-12-9(14-10)8-6-4-1-2-5(3-4)7(6)8/h4-8H,1-3H2. The lowest BCUT2D eigenvalue weighted by Gasteiger charge is -2.04. The van der Waals surface area contributed by atoms with Gasteiger partial charge in [0.05, 0.1) is 0 Å². The number of nitrogens with zero attached hydrogens (tertiary/aromatic N) is 2. The molecular weight excluding hydrogens is 260 g/mol.